The average molecular weight is 698 g/mol. The molecule has 0 aliphatic heterocycles. The van der Waals surface area contributed by atoms with Crippen LogP contribution in [0.4, 0.5) is 11.4 Å². The number of rotatable bonds is 8. The number of benzene rings is 2. The molecule has 3 saturated carbocycles. The number of hydrogen-bond donors (Lipinski definition) is 2. The molecular formula is C40H47N3O6S. The van der Waals surface area contributed by atoms with Crippen molar-refractivity contribution in [2.24, 2.45) is 28.6 Å². The van der Waals surface area contributed by atoms with Crippen LogP contribution in [0.15, 0.2) is 65.1 Å². The Morgan fingerprint density at radius 3 is 2.26 bits per heavy atom. The standard InChI is InChI=1S/C40H47N3O6S/c1-38-15-13-26(44)17-23(38)7-10-27-30-14-16-40(48,39(30,2)20-33(45)36(27)38)34(46)21-49-35(47)22-50-37-28-11-8-24(42(3)4)18-31(28)41-32-19-25(43(5)6)9-12-29(32)37/h8-9,11-13,15,17-19,27,30,33,36,45,48H,7,10,14,16,20-22H2,1-6H3/t27-,30-,33+,36+,38-,39-,40+/m0/s1. The molecule has 10 heteroatoms. The van der Waals surface area contributed by atoms with Crippen LogP contribution in [-0.4, -0.2) is 85.0 Å². The Kier molecular flexibility index (Phi) is 8.67. The molecule has 50 heavy (non-hydrogen) atoms. The molecule has 0 amide bonds. The summed E-state index contributed by atoms with van der Waals surface area (Å²) in [5, 5.41) is 25.6. The van der Waals surface area contributed by atoms with E-state index in [9.17, 15) is 24.6 Å². The minimum absolute atomic E-state index is 0.0143. The zero-order valence-electron chi connectivity index (χ0n) is 29.7. The fraction of sp³-hybridized carbons (Fsp3) is 0.500. The van der Waals surface area contributed by atoms with E-state index in [0.717, 1.165) is 56.5 Å². The minimum atomic E-state index is -1.71. The molecule has 1 heterocycles. The van der Waals surface area contributed by atoms with Gasteiger partial charge in [-0.1, -0.05) is 25.5 Å². The number of esters is 1. The molecule has 1 aromatic heterocycles. The minimum Gasteiger partial charge on any atom is -0.457 e. The number of pyridine rings is 1. The lowest BCUT2D eigenvalue weighted by Gasteiger charge is -2.59. The fourth-order valence-electron chi connectivity index (χ4n) is 9.82. The molecule has 264 valence electrons. The summed E-state index contributed by atoms with van der Waals surface area (Å²) in [4.78, 5) is 49.1. The van der Waals surface area contributed by atoms with E-state index in [1.807, 2.05) is 87.4 Å². The second-order valence-corrected chi connectivity index (χ2v) is 16.6. The summed E-state index contributed by atoms with van der Waals surface area (Å²) in [5.41, 5.74) is 1.75. The van der Waals surface area contributed by atoms with E-state index < -0.39 is 40.9 Å². The van der Waals surface area contributed by atoms with Crippen molar-refractivity contribution in [3.63, 3.8) is 0 Å². The molecule has 4 aliphatic carbocycles. The van der Waals surface area contributed by atoms with Crippen molar-refractivity contribution < 1.29 is 29.3 Å². The second kappa shape index (κ2) is 12.5. The quantitative estimate of drug-likeness (QED) is 0.172. The Hall–Kier alpha value is -3.73. The summed E-state index contributed by atoms with van der Waals surface area (Å²) in [5.74, 6) is -1.06. The molecule has 2 aromatic carbocycles. The number of allylic oxidation sites excluding steroid dienone is 4. The van der Waals surface area contributed by atoms with Crippen molar-refractivity contribution >= 4 is 62.5 Å². The van der Waals surface area contributed by atoms with Crippen LogP contribution in [0.25, 0.3) is 21.8 Å². The molecule has 3 fully saturated rings. The molecule has 2 N–H and O–H groups in total. The van der Waals surface area contributed by atoms with Gasteiger partial charge >= 0.3 is 5.97 Å². The highest BCUT2D eigenvalue weighted by molar-refractivity contribution is 8.00. The molecule has 4 aliphatic rings. The summed E-state index contributed by atoms with van der Waals surface area (Å²) in [6.45, 7) is 3.51. The number of carbonyl (C=O) groups is 3. The molecule has 0 bridgehead atoms. The monoisotopic (exact) mass is 697 g/mol. The van der Waals surface area contributed by atoms with E-state index in [1.54, 1.807) is 12.2 Å². The van der Waals surface area contributed by atoms with Gasteiger partial charge in [0, 0.05) is 72.0 Å². The van der Waals surface area contributed by atoms with Crippen LogP contribution in [0.3, 0.4) is 0 Å². The van der Waals surface area contributed by atoms with E-state index in [1.165, 1.54) is 11.8 Å². The number of ether oxygens (including phenoxy) is 1. The van der Waals surface area contributed by atoms with E-state index in [2.05, 4.69) is 6.92 Å². The molecule has 7 atom stereocenters. The largest absolute Gasteiger partial charge is 0.457 e. The topological polar surface area (TPSA) is 120 Å². The first kappa shape index (κ1) is 34.7. The van der Waals surface area contributed by atoms with Gasteiger partial charge in [-0.2, -0.15) is 0 Å². The molecule has 3 aromatic rings. The summed E-state index contributed by atoms with van der Waals surface area (Å²) >= 11 is 1.36. The first-order valence-corrected chi connectivity index (χ1v) is 18.5. The van der Waals surface area contributed by atoms with Crippen LogP contribution in [0, 0.1) is 28.6 Å². The maximum Gasteiger partial charge on any atom is 0.316 e. The van der Waals surface area contributed by atoms with Gasteiger partial charge in [0.15, 0.2) is 12.4 Å². The summed E-state index contributed by atoms with van der Waals surface area (Å²) < 4.78 is 5.57. The van der Waals surface area contributed by atoms with Crippen LogP contribution in [0.2, 0.25) is 0 Å². The third-order valence-electron chi connectivity index (χ3n) is 12.5. The average Bonchev–Trinajstić information content (AvgIpc) is 3.35. The SMILES string of the molecule is CN(C)c1ccc2c(SCC(=O)OCC(=O)[C@]3(O)CC[C@H]4[C@@H]5CCC6=CC(=O)C=C[C@]6(C)[C@H]5[C@H](O)C[C@@]43C)c3ccc(N(C)C)cc3nc2c1. The van der Waals surface area contributed by atoms with Crippen molar-refractivity contribution in [1.82, 2.24) is 4.98 Å². The maximum absolute atomic E-state index is 13.8. The Bertz CT molecular complexity index is 1910. The summed E-state index contributed by atoms with van der Waals surface area (Å²) in [6, 6.07) is 12.2. The Morgan fingerprint density at radius 2 is 1.64 bits per heavy atom. The van der Waals surface area contributed by atoms with Gasteiger partial charge in [0.1, 0.15) is 5.60 Å². The molecule has 9 nitrogen and oxygen atoms in total. The van der Waals surface area contributed by atoms with Crippen molar-refractivity contribution in [1.29, 1.82) is 0 Å². The number of aliphatic hydroxyl groups is 2. The van der Waals surface area contributed by atoms with Gasteiger partial charge < -0.3 is 24.7 Å². The predicted octanol–water partition coefficient (Wildman–Crippen LogP) is 5.73. The number of aliphatic hydroxyl groups excluding tert-OH is 1. The second-order valence-electron chi connectivity index (χ2n) is 15.6. The summed E-state index contributed by atoms with van der Waals surface area (Å²) in [7, 11) is 7.93. The third-order valence-corrected chi connectivity index (χ3v) is 13.6. The zero-order valence-corrected chi connectivity index (χ0v) is 30.5. The van der Waals surface area contributed by atoms with Crippen LogP contribution < -0.4 is 9.80 Å². The normalized spacial score (nSPS) is 31.5. The van der Waals surface area contributed by atoms with Crippen molar-refractivity contribution in [3.8, 4) is 0 Å². The fourth-order valence-corrected chi connectivity index (χ4v) is 10.8. The Morgan fingerprint density at radius 1 is 1.00 bits per heavy atom. The van der Waals surface area contributed by atoms with Crippen LogP contribution in [-0.2, 0) is 19.1 Å². The number of aromatic nitrogens is 1. The molecule has 7 rings (SSSR count). The lowest BCUT2D eigenvalue weighted by Crippen LogP contribution is -2.61. The van der Waals surface area contributed by atoms with Crippen LogP contribution >= 0.6 is 11.8 Å². The van der Waals surface area contributed by atoms with Crippen molar-refractivity contribution in [2.75, 3.05) is 50.4 Å². The highest BCUT2D eigenvalue weighted by Gasteiger charge is 2.68. The van der Waals surface area contributed by atoms with Gasteiger partial charge in [0.25, 0.3) is 0 Å². The smallest absolute Gasteiger partial charge is 0.316 e. The van der Waals surface area contributed by atoms with Gasteiger partial charge in [-0.3, -0.25) is 14.4 Å². The zero-order chi connectivity index (χ0) is 35.7. The van der Waals surface area contributed by atoms with E-state index in [4.69, 9.17) is 9.72 Å². The van der Waals surface area contributed by atoms with Gasteiger partial charge in [0.2, 0.25) is 5.78 Å². The number of thioether (sulfide) groups is 1. The maximum atomic E-state index is 13.8. The number of ketones is 2. The van der Waals surface area contributed by atoms with Gasteiger partial charge in [-0.15, -0.1) is 11.8 Å². The van der Waals surface area contributed by atoms with Gasteiger partial charge in [-0.25, -0.2) is 4.98 Å². The first-order chi connectivity index (χ1) is 23.7. The Labute approximate surface area is 297 Å². The van der Waals surface area contributed by atoms with Gasteiger partial charge in [-0.05, 0) is 92.5 Å². The van der Waals surface area contributed by atoms with E-state index in [0.29, 0.717) is 6.42 Å². The van der Waals surface area contributed by atoms with Crippen molar-refractivity contribution in [2.45, 2.75) is 62.6 Å². The highest BCUT2D eigenvalue weighted by atomic mass is 32.2. The van der Waals surface area contributed by atoms with Crippen LogP contribution in [0.5, 0.6) is 0 Å². The molecule has 0 radical (unpaired) electrons. The number of fused-ring (bicyclic) bond motifs is 7. The van der Waals surface area contributed by atoms with Crippen molar-refractivity contribution in [3.05, 3.63) is 60.2 Å². The summed E-state index contributed by atoms with van der Waals surface area (Å²) in [6.07, 6.45) is 7.27. The third kappa shape index (κ3) is 5.45. The molecule has 0 spiro atoms. The lowest BCUT2D eigenvalue weighted by atomic mass is 9.46. The molecule has 0 saturated heterocycles. The molecule has 0 unspecified atom stereocenters. The number of Topliss-reactive ketones (excluding diaryl/α,β-unsaturated/α-hetero) is 1. The van der Waals surface area contributed by atoms with Crippen LogP contribution in [0.1, 0.15) is 46.0 Å². The number of carbonyl (C=O) groups excluding carboxylic acids is 3. The Balaban J connectivity index is 1.07. The molecular weight excluding hydrogens is 651 g/mol. The highest BCUT2D eigenvalue weighted by Crippen LogP contribution is 2.67. The number of nitrogens with zero attached hydrogens (tertiary/aromatic N) is 3. The van der Waals surface area contributed by atoms with E-state index >= 15 is 0 Å². The predicted molar refractivity (Wildman–Crippen MR) is 198 cm³/mol. The van der Waals surface area contributed by atoms with Gasteiger partial charge in [0.05, 0.1) is 22.9 Å². The lowest BCUT2D eigenvalue weighted by molar-refractivity contribution is -0.181. The first-order valence-electron chi connectivity index (χ1n) is 17.5. The number of anilines is 2. The number of hydrogen-bond acceptors (Lipinski definition) is 10. The van der Waals surface area contributed by atoms with E-state index in [-0.39, 0.29) is 42.1 Å².